The Hall–Kier alpha value is -2.76. The predicted molar refractivity (Wildman–Crippen MR) is 91.9 cm³/mol. The topological polar surface area (TPSA) is 63.7 Å². The number of fused-ring (bicyclic) bond motifs is 1. The van der Waals surface area contributed by atoms with E-state index in [0.717, 1.165) is 17.3 Å². The van der Waals surface area contributed by atoms with E-state index in [4.69, 9.17) is 9.47 Å². The summed E-state index contributed by atoms with van der Waals surface area (Å²) in [5.74, 6) is 2.20. The Bertz CT molecular complexity index is 701. The minimum absolute atomic E-state index is 0.0607. The van der Waals surface area contributed by atoms with Crippen LogP contribution < -0.4 is 19.7 Å². The molecule has 1 atom stereocenters. The number of hydrogen-bond donors (Lipinski definition) is 1. The Labute approximate surface area is 141 Å². The smallest absolute Gasteiger partial charge is 0.252 e. The molecule has 0 saturated heterocycles. The average Bonchev–Trinajstić information content (AvgIpc) is 2.61. The number of nitrogens with zero attached hydrogens (tertiary/aromatic N) is 2. The molecule has 0 unspecified atom stereocenters. The number of rotatable bonds is 5. The van der Waals surface area contributed by atoms with Crippen molar-refractivity contribution in [2.45, 2.75) is 12.5 Å². The minimum Gasteiger partial charge on any atom is -0.486 e. The first kappa shape index (κ1) is 16.1. The molecular formula is C18H21N3O3. The lowest BCUT2D eigenvalue weighted by Gasteiger charge is -2.26. The Morgan fingerprint density at radius 3 is 2.75 bits per heavy atom. The van der Waals surface area contributed by atoms with Gasteiger partial charge in [-0.3, -0.25) is 4.79 Å². The van der Waals surface area contributed by atoms with Gasteiger partial charge in [0.1, 0.15) is 18.5 Å². The van der Waals surface area contributed by atoms with Gasteiger partial charge in [-0.2, -0.15) is 0 Å². The van der Waals surface area contributed by atoms with E-state index in [0.29, 0.717) is 25.1 Å². The van der Waals surface area contributed by atoms with Crippen molar-refractivity contribution >= 4 is 11.7 Å². The van der Waals surface area contributed by atoms with Gasteiger partial charge in [-0.15, -0.1) is 0 Å². The Morgan fingerprint density at radius 1 is 1.25 bits per heavy atom. The maximum Gasteiger partial charge on any atom is 0.252 e. The van der Waals surface area contributed by atoms with E-state index in [1.807, 2.05) is 49.3 Å². The zero-order chi connectivity index (χ0) is 16.9. The molecule has 24 heavy (non-hydrogen) atoms. The summed E-state index contributed by atoms with van der Waals surface area (Å²) < 4.78 is 11.5. The molecule has 1 N–H and O–H groups in total. The first-order valence-electron chi connectivity index (χ1n) is 7.93. The summed E-state index contributed by atoms with van der Waals surface area (Å²) in [6.45, 7) is 1.01. The monoisotopic (exact) mass is 327 g/mol. The van der Waals surface area contributed by atoms with Crippen molar-refractivity contribution in [1.29, 1.82) is 0 Å². The van der Waals surface area contributed by atoms with Crippen molar-refractivity contribution in [2.75, 3.05) is 32.1 Å². The van der Waals surface area contributed by atoms with Gasteiger partial charge in [-0.1, -0.05) is 12.1 Å². The molecule has 3 rings (SSSR count). The van der Waals surface area contributed by atoms with Crippen LogP contribution in [-0.4, -0.2) is 44.2 Å². The first-order chi connectivity index (χ1) is 11.6. The van der Waals surface area contributed by atoms with Gasteiger partial charge in [-0.05, 0) is 24.3 Å². The normalized spacial score (nSPS) is 15.7. The quantitative estimate of drug-likeness (QED) is 0.911. The van der Waals surface area contributed by atoms with Crippen molar-refractivity contribution in [3.63, 3.8) is 0 Å². The van der Waals surface area contributed by atoms with Crippen LogP contribution in [0.25, 0.3) is 0 Å². The summed E-state index contributed by atoms with van der Waals surface area (Å²) in [6, 6.07) is 11.2. The Balaban J connectivity index is 1.47. The zero-order valence-electron chi connectivity index (χ0n) is 13.9. The molecule has 0 saturated carbocycles. The average molecular weight is 327 g/mol. The second-order valence-electron chi connectivity index (χ2n) is 5.84. The highest BCUT2D eigenvalue weighted by Gasteiger charge is 2.20. The third kappa shape index (κ3) is 3.76. The highest BCUT2D eigenvalue weighted by atomic mass is 16.6. The fraction of sp³-hybridized carbons (Fsp3) is 0.333. The van der Waals surface area contributed by atoms with Crippen molar-refractivity contribution in [1.82, 2.24) is 10.3 Å². The van der Waals surface area contributed by atoms with Crippen LogP contribution in [0.4, 0.5) is 5.82 Å². The van der Waals surface area contributed by atoms with Crippen molar-refractivity contribution in [2.24, 2.45) is 0 Å². The number of benzene rings is 1. The van der Waals surface area contributed by atoms with Crippen LogP contribution in [0, 0.1) is 0 Å². The van der Waals surface area contributed by atoms with Crippen molar-refractivity contribution in [3.05, 3.63) is 48.2 Å². The summed E-state index contributed by atoms with van der Waals surface area (Å²) in [6.07, 6.45) is 2.21. The summed E-state index contributed by atoms with van der Waals surface area (Å²) in [4.78, 5) is 18.3. The van der Waals surface area contributed by atoms with Crippen LogP contribution in [0.3, 0.4) is 0 Å². The van der Waals surface area contributed by atoms with E-state index in [-0.39, 0.29) is 12.0 Å². The van der Waals surface area contributed by atoms with E-state index in [1.54, 1.807) is 12.3 Å². The SMILES string of the molecule is CN(C)c1ccc(C(=O)NCC[C@H]2COc3ccccc3O2)cn1. The lowest BCUT2D eigenvalue weighted by molar-refractivity contribution is 0.0812. The molecule has 1 aromatic carbocycles. The number of amides is 1. The van der Waals surface area contributed by atoms with Crippen LogP contribution in [0.15, 0.2) is 42.6 Å². The van der Waals surface area contributed by atoms with E-state index in [1.165, 1.54) is 0 Å². The van der Waals surface area contributed by atoms with Crippen LogP contribution >= 0.6 is 0 Å². The number of para-hydroxylation sites is 2. The molecule has 2 aromatic rings. The number of hydrogen-bond acceptors (Lipinski definition) is 5. The molecule has 6 heteroatoms. The zero-order valence-corrected chi connectivity index (χ0v) is 13.9. The van der Waals surface area contributed by atoms with Crippen molar-refractivity contribution in [3.8, 4) is 11.5 Å². The van der Waals surface area contributed by atoms with E-state index in [9.17, 15) is 4.79 Å². The highest BCUT2D eigenvalue weighted by molar-refractivity contribution is 5.94. The molecule has 1 amide bonds. The lowest BCUT2D eigenvalue weighted by Crippen LogP contribution is -2.34. The minimum atomic E-state index is -0.134. The number of aromatic nitrogens is 1. The second kappa shape index (κ2) is 7.21. The molecule has 1 aliphatic heterocycles. The lowest BCUT2D eigenvalue weighted by atomic mass is 10.2. The summed E-state index contributed by atoms with van der Waals surface area (Å²) in [5.41, 5.74) is 0.548. The van der Waals surface area contributed by atoms with Crippen LogP contribution in [0.5, 0.6) is 11.5 Å². The third-order valence-electron chi connectivity index (χ3n) is 3.79. The van der Waals surface area contributed by atoms with Crippen LogP contribution in [0.2, 0.25) is 0 Å². The van der Waals surface area contributed by atoms with Gasteiger partial charge < -0.3 is 19.7 Å². The number of anilines is 1. The van der Waals surface area contributed by atoms with E-state index < -0.39 is 0 Å². The molecule has 1 aliphatic rings. The van der Waals surface area contributed by atoms with Gasteiger partial charge in [-0.25, -0.2) is 4.98 Å². The number of nitrogens with one attached hydrogen (secondary N) is 1. The molecule has 2 heterocycles. The molecule has 0 radical (unpaired) electrons. The number of carbonyl (C=O) groups excluding carboxylic acids is 1. The summed E-state index contributed by atoms with van der Waals surface area (Å²) in [7, 11) is 3.82. The van der Waals surface area contributed by atoms with Gasteiger partial charge in [0.25, 0.3) is 5.91 Å². The molecular weight excluding hydrogens is 306 g/mol. The van der Waals surface area contributed by atoms with Gasteiger partial charge in [0.15, 0.2) is 11.5 Å². The van der Waals surface area contributed by atoms with Gasteiger partial charge >= 0.3 is 0 Å². The molecule has 0 aliphatic carbocycles. The Kier molecular flexibility index (Phi) is 4.84. The predicted octanol–water partition coefficient (Wildman–Crippen LogP) is 2.11. The largest absolute Gasteiger partial charge is 0.486 e. The van der Waals surface area contributed by atoms with E-state index >= 15 is 0 Å². The third-order valence-corrected chi connectivity index (χ3v) is 3.79. The highest BCUT2D eigenvalue weighted by Crippen LogP contribution is 2.31. The maximum absolute atomic E-state index is 12.1. The second-order valence-corrected chi connectivity index (χ2v) is 5.84. The van der Waals surface area contributed by atoms with Crippen molar-refractivity contribution < 1.29 is 14.3 Å². The maximum atomic E-state index is 12.1. The number of pyridine rings is 1. The van der Waals surface area contributed by atoms with Gasteiger partial charge in [0.2, 0.25) is 0 Å². The molecule has 0 spiro atoms. The molecule has 0 bridgehead atoms. The number of carbonyl (C=O) groups is 1. The summed E-state index contributed by atoms with van der Waals surface area (Å²) in [5, 5.41) is 2.89. The van der Waals surface area contributed by atoms with E-state index in [2.05, 4.69) is 10.3 Å². The van der Waals surface area contributed by atoms with Crippen LogP contribution in [0.1, 0.15) is 16.8 Å². The standard InChI is InChI=1S/C18H21N3O3/c1-21(2)17-8-7-13(11-20-17)18(22)19-10-9-14-12-23-15-5-3-4-6-16(15)24-14/h3-8,11,14H,9-10,12H2,1-2H3,(H,19,22)/t14-/m0/s1. The van der Waals surface area contributed by atoms with Gasteiger partial charge in [0.05, 0.1) is 5.56 Å². The molecule has 126 valence electrons. The number of ether oxygens (including phenoxy) is 2. The molecule has 6 nitrogen and oxygen atoms in total. The fourth-order valence-corrected chi connectivity index (χ4v) is 2.44. The van der Waals surface area contributed by atoms with Crippen LogP contribution in [-0.2, 0) is 0 Å². The Morgan fingerprint density at radius 2 is 2.04 bits per heavy atom. The molecule has 0 fully saturated rings. The first-order valence-corrected chi connectivity index (χ1v) is 7.93. The fourth-order valence-electron chi connectivity index (χ4n) is 2.44. The summed E-state index contributed by atoms with van der Waals surface area (Å²) >= 11 is 0. The van der Waals surface area contributed by atoms with Gasteiger partial charge in [0, 0.05) is 33.3 Å². The molecule has 1 aromatic heterocycles.